The van der Waals surface area contributed by atoms with Gasteiger partial charge in [-0.2, -0.15) is 0 Å². The fourth-order valence-electron chi connectivity index (χ4n) is 2.57. The molecule has 1 aromatic carbocycles. The molecule has 0 N–H and O–H groups in total. The van der Waals surface area contributed by atoms with Crippen LogP contribution in [-0.4, -0.2) is 36.7 Å². The van der Waals surface area contributed by atoms with Crippen molar-refractivity contribution in [3.63, 3.8) is 0 Å². The first-order chi connectivity index (χ1) is 9.16. The number of nitrogens with zero attached hydrogens (tertiary/aromatic N) is 2. The van der Waals surface area contributed by atoms with E-state index < -0.39 is 0 Å². The molecular formula is C15H15ClN2O. The molecule has 0 unspecified atom stereocenters. The number of aryl methyl sites for hydroxylation is 1. The normalized spacial score (nSPS) is 17.9. The molecule has 0 aromatic heterocycles. The van der Waals surface area contributed by atoms with Crippen LogP contribution in [0.5, 0.6) is 0 Å². The van der Waals surface area contributed by atoms with E-state index in [0.29, 0.717) is 17.1 Å². The van der Waals surface area contributed by atoms with Gasteiger partial charge in [0.25, 0.3) is 5.91 Å². The molecule has 0 atom stereocenters. The van der Waals surface area contributed by atoms with Crippen molar-refractivity contribution < 1.29 is 4.79 Å². The Bertz CT molecular complexity index is 604. The zero-order valence-corrected chi connectivity index (χ0v) is 11.6. The fourth-order valence-corrected chi connectivity index (χ4v) is 2.78. The van der Waals surface area contributed by atoms with Crippen molar-refractivity contribution in [2.75, 3.05) is 19.6 Å². The topological polar surface area (TPSA) is 32.7 Å². The molecule has 4 heteroatoms. The number of hydrogen-bond acceptors (Lipinski definition) is 2. The predicted octanol–water partition coefficient (Wildman–Crippen LogP) is 2.88. The number of aliphatic imine (C=N–C) groups is 1. The second-order valence-corrected chi connectivity index (χ2v) is 5.39. The Morgan fingerprint density at radius 2 is 2.26 bits per heavy atom. The van der Waals surface area contributed by atoms with Crippen LogP contribution in [0.3, 0.4) is 0 Å². The van der Waals surface area contributed by atoms with Crippen LogP contribution in [0.4, 0.5) is 0 Å². The van der Waals surface area contributed by atoms with Gasteiger partial charge in [-0.05, 0) is 36.1 Å². The number of benzene rings is 1. The predicted molar refractivity (Wildman–Crippen MR) is 77.1 cm³/mol. The lowest BCUT2D eigenvalue weighted by molar-refractivity contribution is 0.0765. The average molecular weight is 275 g/mol. The molecule has 2 heterocycles. The molecule has 2 aliphatic heterocycles. The Balaban J connectivity index is 1.84. The summed E-state index contributed by atoms with van der Waals surface area (Å²) in [5, 5.41) is 0.565. The maximum atomic E-state index is 12.5. The fraction of sp³-hybridized carbons (Fsp3) is 0.333. The van der Waals surface area contributed by atoms with Crippen LogP contribution in [0.1, 0.15) is 22.3 Å². The summed E-state index contributed by atoms with van der Waals surface area (Å²) in [6, 6.07) is 5.59. The largest absolute Gasteiger partial charge is 0.334 e. The van der Waals surface area contributed by atoms with Crippen molar-refractivity contribution in [3.8, 4) is 0 Å². The Labute approximate surface area is 117 Å². The Morgan fingerprint density at radius 1 is 1.42 bits per heavy atom. The van der Waals surface area contributed by atoms with Gasteiger partial charge in [-0.15, -0.1) is 0 Å². The van der Waals surface area contributed by atoms with E-state index in [9.17, 15) is 4.79 Å². The van der Waals surface area contributed by atoms with E-state index in [0.717, 1.165) is 25.1 Å². The van der Waals surface area contributed by atoms with Gasteiger partial charge < -0.3 is 4.90 Å². The number of carbonyl (C=O) groups excluding carboxylic acids is 1. The van der Waals surface area contributed by atoms with Crippen molar-refractivity contribution in [3.05, 3.63) is 45.5 Å². The minimum absolute atomic E-state index is 0.0205. The molecule has 98 valence electrons. The first-order valence-corrected chi connectivity index (χ1v) is 6.79. The number of halogens is 1. The highest BCUT2D eigenvalue weighted by atomic mass is 35.5. The number of rotatable bonds is 1. The molecule has 19 heavy (non-hydrogen) atoms. The van der Waals surface area contributed by atoms with Gasteiger partial charge in [0.15, 0.2) is 0 Å². The number of carbonyl (C=O) groups is 1. The highest BCUT2D eigenvalue weighted by molar-refractivity contribution is 6.34. The maximum absolute atomic E-state index is 12.5. The molecule has 1 aromatic rings. The van der Waals surface area contributed by atoms with Gasteiger partial charge in [0.05, 0.1) is 17.1 Å². The van der Waals surface area contributed by atoms with Gasteiger partial charge in [-0.25, -0.2) is 0 Å². The molecular weight excluding hydrogens is 260 g/mol. The lowest BCUT2D eigenvalue weighted by Crippen LogP contribution is -2.37. The van der Waals surface area contributed by atoms with Crippen molar-refractivity contribution >= 4 is 23.7 Å². The molecule has 0 saturated carbocycles. The molecule has 0 saturated heterocycles. The summed E-state index contributed by atoms with van der Waals surface area (Å²) in [5.41, 5.74) is 4.11. The molecule has 0 spiro atoms. The summed E-state index contributed by atoms with van der Waals surface area (Å²) >= 11 is 6.23. The van der Waals surface area contributed by atoms with E-state index >= 15 is 0 Å². The monoisotopic (exact) mass is 274 g/mol. The van der Waals surface area contributed by atoms with Gasteiger partial charge in [0.1, 0.15) is 0 Å². The number of amides is 1. The third-order valence-corrected chi connectivity index (χ3v) is 4.23. The van der Waals surface area contributed by atoms with Gasteiger partial charge in [0, 0.05) is 19.3 Å². The first kappa shape index (κ1) is 12.4. The molecule has 1 amide bonds. The van der Waals surface area contributed by atoms with Gasteiger partial charge in [-0.1, -0.05) is 23.7 Å². The Hall–Kier alpha value is -1.61. The highest BCUT2D eigenvalue weighted by Crippen LogP contribution is 2.26. The molecule has 0 fully saturated rings. The quantitative estimate of drug-likeness (QED) is 0.775. The molecule has 0 radical (unpaired) electrons. The molecule has 3 rings (SSSR count). The minimum Gasteiger partial charge on any atom is -0.334 e. The SMILES string of the molecule is Cc1cccc(C(=O)N2CCC3=C(CN=C3)C2)c1Cl. The van der Waals surface area contributed by atoms with Crippen LogP contribution in [-0.2, 0) is 0 Å². The van der Waals surface area contributed by atoms with Crippen molar-refractivity contribution in [2.24, 2.45) is 4.99 Å². The van der Waals surface area contributed by atoms with Gasteiger partial charge in [0.2, 0.25) is 0 Å². The minimum atomic E-state index is 0.0205. The van der Waals surface area contributed by atoms with Crippen molar-refractivity contribution in [1.82, 2.24) is 4.90 Å². The van der Waals surface area contributed by atoms with Crippen molar-refractivity contribution in [1.29, 1.82) is 0 Å². The molecule has 0 aliphatic carbocycles. The smallest absolute Gasteiger partial charge is 0.255 e. The first-order valence-electron chi connectivity index (χ1n) is 6.42. The highest BCUT2D eigenvalue weighted by Gasteiger charge is 2.25. The summed E-state index contributed by atoms with van der Waals surface area (Å²) in [5.74, 6) is 0.0205. The van der Waals surface area contributed by atoms with E-state index in [1.54, 1.807) is 6.07 Å². The maximum Gasteiger partial charge on any atom is 0.255 e. The molecule has 3 nitrogen and oxygen atoms in total. The van der Waals surface area contributed by atoms with E-state index in [2.05, 4.69) is 4.99 Å². The van der Waals surface area contributed by atoms with Crippen LogP contribution in [0.25, 0.3) is 0 Å². The average Bonchev–Trinajstić information content (AvgIpc) is 2.88. The van der Waals surface area contributed by atoms with Crippen LogP contribution in [0.15, 0.2) is 34.3 Å². The van der Waals surface area contributed by atoms with Crippen LogP contribution in [0, 0.1) is 6.92 Å². The number of hydrogen-bond donors (Lipinski definition) is 0. The van der Waals surface area contributed by atoms with Crippen LogP contribution >= 0.6 is 11.6 Å². The zero-order chi connectivity index (χ0) is 13.4. The summed E-state index contributed by atoms with van der Waals surface area (Å²) in [6.07, 6.45) is 2.84. The van der Waals surface area contributed by atoms with E-state index in [-0.39, 0.29) is 5.91 Å². The lowest BCUT2D eigenvalue weighted by atomic mass is 10.0. The van der Waals surface area contributed by atoms with E-state index in [1.807, 2.05) is 30.2 Å². The zero-order valence-electron chi connectivity index (χ0n) is 10.8. The lowest BCUT2D eigenvalue weighted by Gasteiger charge is -2.28. The van der Waals surface area contributed by atoms with Gasteiger partial charge >= 0.3 is 0 Å². The summed E-state index contributed by atoms with van der Waals surface area (Å²) < 4.78 is 0. The molecule has 2 aliphatic rings. The second-order valence-electron chi connectivity index (χ2n) is 5.01. The summed E-state index contributed by atoms with van der Waals surface area (Å²) in [4.78, 5) is 18.7. The summed E-state index contributed by atoms with van der Waals surface area (Å²) in [7, 11) is 0. The van der Waals surface area contributed by atoms with Crippen LogP contribution < -0.4 is 0 Å². The standard InChI is InChI=1S/C15H15ClN2O/c1-10-3-2-4-13(14(10)16)15(19)18-6-5-11-7-17-8-12(11)9-18/h2-4,7H,5-6,8-9H2,1H3. The van der Waals surface area contributed by atoms with Gasteiger partial charge in [-0.3, -0.25) is 9.79 Å². The third kappa shape index (κ3) is 2.19. The van der Waals surface area contributed by atoms with Crippen LogP contribution in [0.2, 0.25) is 5.02 Å². The molecule has 0 bridgehead atoms. The Morgan fingerprint density at radius 3 is 3.11 bits per heavy atom. The third-order valence-electron chi connectivity index (χ3n) is 3.73. The van der Waals surface area contributed by atoms with E-state index in [1.165, 1.54) is 11.1 Å². The Kier molecular flexibility index (Phi) is 3.15. The van der Waals surface area contributed by atoms with Crippen molar-refractivity contribution in [2.45, 2.75) is 13.3 Å². The second kappa shape index (κ2) is 4.82. The summed E-state index contributed by atoms with van der Waals surface area (Å²) in [6.45, 7) is 4.08. The van der Waals surface area contributed by atoms with E-state index in [4.69, 9.17) is 11.6 Å².